The number of likely N-dealkylation sites (tertiary alicyclic amines) is 1. The van der Waals surface area contributed by atoms with Crippen LogP contribution in [0.5, 0.6) is 0 Å². The van der Waals surface area contributed by atoms with Crippen LogP contribution in [-0.4, -0.2) is 60.3 Å². The van der Waals surface area contributed by atoms with Crippen molar-refractivity contribution >= 4 is 0 Å². The topological polar surface area (TPSA) is 15.7 Å². The van der Waals surface area contributed by atoms with Crippen LogP contribution in [0.3, 0.4) is 0 Å². The van der Waals surface area contributed by atoms with Crippen molar-refractivity contribution in [3.8, 4) is 0 Å². The Morgan fingerprint density at radius 3 is 2.00 bits per heavy atom. The van der Waals surface area contributed by atoms with Crippen LogP contribution in [0.1, 0.15) is 87.5 Å². The van der Waals surface area contributed by atoms with E-state index < -0.39 is 0 Å². The van der Waals surface area contributed by atoms with E-state index in [4.69, 9.17) is 4.74 Å². The summed E-state index contributed by atoms with van der Waals surface area (Å²) in [6, 6.07) is 1.62. The molecule has 28 heavy (non-hydrogen) atoms. The second-order valence-corrected chi connectivity index (χ2v) is 11.0. The van der Waals surface area contributed by atoms with Gasteiger partial charge in [-0.05, 0) is 90.1 Å². The first kappa shape index (κ1) is 24.2. The lowest BCUT2D eigenvalue weighted by atomic mass is 9.75. The summed E-state index contributed by atoms with van der Waals surface area (Å²) in [5.74, 6) is 3.17. The summed E-state index contributed by atoms with van der Waals surface area (Å²) in [4.78, 5) is 5.41. The van der Waals surface area contributed by atoms with Gasteiger partial charge in [0.05, 0.1) is 12.7 Å². The molecule has 3 heteroatoms. The molecule has 1 aliphatic heterocycles. The number of hydrogen-bond donors (Lipinski definition) is 0. The summed E-state index contributed by atoms with van der Waals surface area (Å²) in [6.45, 7) is 23.6. The Labute approximate surface area is 176 Å². The van der Waals surface area contributed by atoms with E-state index in [1.807, 2.05) is 0 Å². The van der Waals surface area contributed by atoms with Crippen LogP contribution in [0.15, 0.2) is 0 Å². The van der Waals surface area contributed by atoms with Crippen molar-refractivity contribution in [1.82, 2.24) is 9.80 Å². The molecule has 166 valence electrons. The Balaban J connectivity index is 2.05. The van der Waals surface area contributed by atoms with Gasteiger partial charge in [0.25, 0.3) is 0 Å². The van der Waals surface area contributed by atoms with Crippen LogP contribution in [0.25, 0.3) is 0 Å². The molecule has 0 aromatic heterocycles. The molecule has 0 bridgehead atoms. The quantitative estimate of drug-likeness (QED) is 0.500. The summed E-state index contributed by atoms with van der Waals surface area (Å²) in [5, 5.41) is 0. The van der Waals surface area contributed by atoms with Crippen molar-refractivity contribution in [3.05, 3.63) is 0 Å². The van der Waals surface area contributed by atoms with Gasteiger partial charge in [-0.1, -0.05) is 34.1 Å². The number of nitrogens with zero attached hydrogens (tertiary/aromatic N) is 2. The Morgan fingerprint density at radius 1 is 0.857 bits per heavy atom. The molecule has 2 rings (SSSR count). The fourth-order valence-corrected chi connectivity index (χ4v) is 5.76. The number of hydrogen-bond acceptors (Lipinski definition) is 3. The minimum atomic E-state index is 0.453. The largest absolute Gasteiger partial charge is 0.376 e. The molecule has 0 radical (unpaired) electrons. The summed E-state index contributed by atoms with van der Waals surface area (Å²) >= 11 is 0. The zero-order chi connectivity index (χ0) is 20.8. The third kappa shape index (κ3) is 6.99. The summed E-state index contributed by atoms with van der Waals surface area (Å²) in [7, 11) is 0. The highest BCUT2D eigenvalue weighted by Gasteiger charge is 2.34. The van der Waals surface area contributed by atoms with Crippen molar-refractivity contribution in [2.75, 3.05) is 26.2 Å². The van der Waals surface area contributed by atoms with Gasteiger partial charge in [0.15, 0.2) is 0 Å². The highest BCUT2D eigenvalue weighted by atomic mass is 16.5. The first-order valence-electron chi connectivity index (χ1n) is 12.3. The molecule has 0 N–H and O–H groups in total. The molecule has 0 aromatic rings. The van der Waals surface area contributed by atoms with Gasteiger partial charge in [0, 0.05) is 24.7 Å². The molecule has 0 aromatic carbocycles. The van der Waals surface area contributed by atoms with Gasteiger partial charge in [0.1, 0.15) is 0 Å². The van der Waals surface area contributed by atoms with Crippen LogP contribution in [0, 0.1) is 23.7 Å². The second kappa shape index (κ2) is 11.3. The van der Waals surface area contributed by atoms with E-state index in [2.05, 4.69) is 65.2 Å². The van der Waals surface area contributed by atoms with Crippen molar-refractivity contribution < 1.29 is 4.74 Å². The zero-order valence-electron chi connectivity index (χ0n) is 20.3. The summed E-state index contributed by atoms with van der Waals surface area (Å²) in [6.07, 6.45) is 7.13. The maximum absolute atomic E-state index is 6.77. The lowest BCUT2D eigenvalue weighted by Crippen LogP contribution is -2.54. The van der Waals surface area contributed by atoms with Gasteiger partial charge in [-0.3, -0.25) is 4.90 Å². The Hall–Kier alpha value is -0.120. The SMILES string of the molecule is CC1CCN(CC(COC2CC(C)CCC2C(C)C)N(C(C)C)C(C)C)CC1. The first-order valence-corrected chi connectivity index (χ1v) is 12.3. The third-order valence-electron chi connectivity index (χ3n) is 7.42. The molecule has 4 atom stereocenters. The normalized spacial score (nSPS) is 29.4. The lowest BCUT2D eigenvalue weighted by molar-refractivity contribution is -0.0724. The third-order valence-corrected chi connectivity index (χ3v) is 7.42. The maximum atomic E-state index is 6.77. The molecule has 1 saturated heterocycles. The minimum absolute atomic E-state index is 0.453. The van der Waals surface area contributed by atoms with Crippen molar-refractivity contribution in [3.63, 3.8) is 0 Å². The average Bonchev–Trinajstić information content (AvgIpc) is 2.60. The van der Waals surface area contributed by atoms with Gasteiger partial charge >= 0.3 is 0 Å². The Bertz CT molecular complexity index is 420. The smallest absolute Gasteiger partial charge is 0.0638 e. The van der Waals surface area contributed by atoms with Crippen LogP contribution >= 0.6 is 0 Å². The predicted molar refractivity (Wildman–Crippen MR) is 122 cm³/mol. The van der Waals surface area contributed by atoms with E-state index in [9.17, 15) is 0 Å². The van der Waals surface area contributed by atoms with Crippen molar-refractivity contribution in [2.24, 2.45) is 23.7 Å². The monoisotopic (exact) mass is 394 g/mol. The zero-order valence-corrected chi connectivity index (χ0v) is 20.3. The molecule has 2 aliphatic rings. The van der Waals surface area contributed by atoms with Gasteiger partial charge in [-0.2, -0.15) is 0 Å². The lowest BCUT2D eigenvalue weighted by Gasteiger charge is -2.43. The van der Waals surface area contributed by atoms with Crippen LogP contribution in [0.2, 0.25) is 0 Å². The highest BCUT2D eigenvalue weighted by Crippen LogP contribution is 2.35. The number of piperidine rings is 1. The molecule has 3 nitrogen and oxygen atoms in total. The standard InChI is InChI=1S/C25H50N2O/c1-18(2)24-10-9-22(8)15-25(24)28-17-23(27(19(3)4)20(5)6)16-26-13-11-21(7)12-14-26/h18-25H,9-17H2,1-8H3. The van der Waals surface area contributed by atoms with E-state index in [1.165, 1.54) is 45.2 Å². The molecule has 2 fully saturated rings. The molecule has 4 unspecified atom stereocenters. The van der Waals surface area contributed by atoms with E-state index in [0.29, 0.717) is 24.2 Å². The Kier molecular flexibility index (Phi) is 9.76. The summed E-state index contributed by atoms with van der Waals surface area (Å²) < 4.78 is 6.77. The predicted octanol–water partition coefficient (Wildman–Crippen LogP) is 5.68. The molecule has 1 aliphatic carbocycles. The number of rotatable bonds is 9. The van der Waals surface area contributed by atoms with Crippen LogP contribution < -0.4 is 0 Å². The highest BCUT2D eigenvalue weighted by molar-refractivity contribution is 4.85. The summed E-state index contributed by atoms with van der Waals surface area (Å²) in [5.41, 5.74) is 0. The van der Waals surface area contributed by atoms with Crippen molar-refractivity contribution in [2.45, 2.75) is 112 Å². The van der Waals surface area contributed by atoms with E-state index >= 15 is 0 Å². The molecule has 1 heterocycles. The van der Waals surface area contributed by atoms with Crippen LogP contribution in [-0.2, 0) is 4.74 Å². The van der Waals surface area contributed by atoms with E-state index in [1.54, 1.807) is 0 Å². The fraction of sp³-hybridized carbons (Fsp3) is 1.00. The van der Waals surface area contributed by atoms with Crippen molar-refractivity contribution in [1.29, 1.82) is 0 Å². The number of ether oxygens (including phenoxy) is 1. The first-order chi connectivity index (χ1) is 13.2. The maximum Gasteiger partial charge on any atom is 0.0638 e. The Morgan fingerprint density at radius 2 is 1.46 bits per heavy atom. The second-order valence-electron chi connectivity index (χ2n) is 11.0. The van der Waals surface area contributed by atoms with E-state index in [0.717, 1.165) is 36.8 Å². The minimum Gasteiger partial charge on any atom is -0.376 e. The molecule has 0 spiro atoms. The molecular formula is C25H50N2O. The van der Waals surface area contributed by atoms with E-state index in [-0.39, 0.29) is 0 Å². The molecular weight excluding hydrogens is 344 g/mol. The fourth-order valence-electron chi connectivity index (χ4n) is 5.76. The van der Waals surface area contributed by atoms with Gasteiger partial charge < -0.3 is 9.64 Å². The van der Waals surface area contributed by atoms with Gasteiger partial charge in [-0.15, -0.1) is 0 Å². The average molecular weight is 395 g/mol. The van der Waals surface area contributed by atoms with Gasteiger partial charge in [-0.25, -0.2) is 0 Å². The molecule has 1 saturated carbocycles. The van der Waals surface area contributed by atoms with Crippen LogP contribution in [0.4, 0.5) is 0 Å². The molecule has 0 amide bonds. The van der Waals surface area contributed by atoms with Gasteiger partial charge in [0.2, 0.25) is 0 Å².